The van der Waals surface area contributed by atoms with E-state index in [1.165, 1.54) is 0 Å². The maximum Gasteiger partial charge on any atom is 0.331 e. The van der Waals surface area contributed by atoms with Crippen LogP contribution in [0.25, 0.3) is 0 Å². The Kier molecular flexibility index (Phi) is 5.63. The molecule has 0 radical (unpaired) electrons. The molecule has 5 nitrogen and oxygen atoms in total. The molecule has 0 bridgehead atoms. The fourth-order valence-corrected chi connectivity index (χ4v) is 1.73. The van der Waals surface area contributed by atoms with Crippen LogP contribution in [0.1, 0.15) is 31.9 Å². The largest absolute Gasteiger partial charge is 0.479 e. The third kappa shape index (κ3) is 4.44. The lowest BCUT2D eigenvalue weighted by atomic mass is 10.1. The standard InChI is InChI=1S/C13H17ClN2O3/c1-3-8(2)15-13(19)16-11(12(17)18)9-6-4-5-7-10(9)14/h4-8,11H,3H2,1-2H3,(H,17,18)(H2,15,16,19)/t8?,11-/m1/s1. The zero-order valence-electron chi connectivity index (χ0n) is 10.8. The van der Waals surface area contributed by atoms with E-state index < -0.39 is 18.0 Å². The number of amides is 2. The Labute approximate surface area is 117 Å². The second kappa shape index (κ2) is 6.99. The van der Waals surface area contributed by atoms with Crippen LogP contribution >= 0.6 is 11.6 Å². The van der Waals surface area contributed by atoms with E-state index in [0.717, 1.165) is 6.42 Å². The second-order valence-corrected chi connectivity index (χ2v) is 4.63. The lowest BCUT2D eigenvalue weighted by Crippen LogP contribution is -2.44. The van der Waals surface area contributed by atoms with Gasteiger partial charge in [0.05, 0.1) is 0 Å². The number of urea groups is 1. The van der Waals surface area contributed by atoms with Crippen molar-refractivity contribution in [2.45, 2.75) is 32.4 Å². The van der Waals surface area contributed by atoms with Crippen LogP contribution in [0, 0.1) is 0 Å². The van der Waals surface area contributed by atoms with E-state index in [9.17, 15) is 14.7 Å². The van der Waals surface area contributed by atoms with Gasteiger partial charge in [0, 0.05) is 16.6 Å². The Bertz CT molecular complexity index is 465. The average molecular weight is 285 g/mol. The van der Waals surface area contributed by atoms with E-state index in [4.69, 9.17) is 11.6 Å². The van der Waals surface area contributed by atoms with Gasteiger partial charge in [0.25, 0.3) is 0 Å². The smallest absolute Gasteiger partial charge is 0.331 e. The Morgan fingerprint density at radius 1 is 1.32 bits per heavy atom. The number of aliphatic carboxylic acids is 1. The van der Waals surface area contributed by atoms with Crippen molar-refractivity contribution in [3.63, 3.8) is 0 Å². The van der Waals surface area contributed by atoms with Gasteiger partial charge >= 0.3 is 12.0 Å². The molecule has 3 N–H and O–H groups in total. The van der Waals surface area contributed by atoms with Crippen LogP contribution < -0.4 is 10.6 Å². The Balaban J connectivity index is 2.83. The quantitative estimate of drug-likeness (QED) is 0.777. The average Bonchev–Trinajstić information content (AvgIpc) is 2.36. The summed E-state index contributed by atoms with van der Waals surface area (Å²) in [7, 11) is 0. The maximum absolute atomic E-state index is 11.7. The van der Waals surface area contributed by atoms with Crippen molar-refractivity contribution in [3.05, 3.63) is 34.9 Å². The van der Waals surface area contributed by atoms with E-state index in [1.54, 1.807) is 24.3 Å². The van der Waals surface area contributed by atoms with Crippen LogP contribution in [0.5, 0.6) is 0 Å². The minimum absolute atomic E-state index is 0.0271. The SMILES string of the molecule is CCC(C)NC(=O)N[C@@H](C(=O)O)c1ccccc1Cl. The molecule has 0 spiro atoms. The third-order valence-electron chi connectivity index (χ3n) is 2.73. The molecule has 19 heavy (non-hydrogen) atoms. The van der Waals surface area contributed by atoms with Crippen LogP contribution in [0.15, 0.2) is 24.3 Å². The number of carbonyl (C=O) groups is 2. The van der Waals surface area contributed by atoms with Gasteiger partial charge in [-0.2, -0.15) is 0 Å². The number of carbonyl (C=O) groups excluding carboxylic acids is 1. The first-order valence-corrected chi connectivity index (χ1v) is 6.37. The van der Waals surface area contributed by atoms with Gasteiger partial charge in [-0.3, -0.25) is 0 Å². The summed E-state index contributed by atoms with van der Waals surface area (Å²) in [5, 5.41) is 14.5. The minimum Gasteiger partial charge on any atom is -0.479 e. The predicted molar refractivity (Wildman–Crippen MR) is 73.2 cm³/mol. The number of rotatable bonds is 5. The number of hydrogen-bond donors (Lipinski definition) is 3. The van der Waals surface area contributed by atoms with Crippen LogP contribution in [-0.4, -0.2) is 23.1 Å². The number of carboxylic acid groups (broad SMARTS) is 1. The fourth-order valence-electron chi connectivity index (χ4n) is 1.48. The van der Waals surface area contributed by atoms with Gasteiger partial charge in [-0.1, -0.05) is 36.7 Å². The highest BCUT2D eigenvalue weighted by molar-refractivity contribution is 6.31. The van der Waals surface area contributed by atoms with E-state index in [-0.39, 0.29) is 6.04 Å². The fraction of sp³-hybridized carbons (Fsp3) is 0.385. The van der Waals surface area contributed by atoms with Gasteiger partial charge in [-0.05, 0) is 19.4 Å². The predicted octanol–water partition coefficient (Wildman–Crippen LogP) is 2.56. The van der Waals surface area contributed by atoms with Crippen molar-refractivity contribution in [1.82, 2.24) is 10.6 Å². The van der Waals surface area contributed by atoms with Crippen LogP contribution in [-0.2, 0) is 4.79 Å². The van der Waals surface area contributed by atoms with Crippen molar-refractivity contribution in [3.8, 4) is 0 Å². The van der Waals surface area contributed by atoms with E-state index in [0.29, 0.717) is 10.6 Å². The lowest BCUT2D eigenvalue weighted by molar-refractivity contribution is -0.139. The summed E-state index contributed by atoms with van der Waals surface area (Å²) in [4.78, 5) is 22.9. The summed E-state index contributed by atoms with van der Waals surface area (Å²) >= 11 is 5.94. The van der Waals surface area contributed by atoms with Crippen LogP contribution in [0.4, 0.5) is 4.79 Å². The molecule has 0 saturated carbocycles. The van der Waals surface area contributed by atoms with Gasteiger partial charge in [0.15, 0.2) is 6.04 Å². The monoisotopic (exact) mass is 284 g/mol. The number of nitrogens with one attached hydrogen (secondary N) is 2. The molecule has 0 saturated heterocycles. The molecule has 1 unspecified atom stereocenters. The summed E-state index contributed by atoms with van der Waals surface area (Å²) in [5.41, 5.74) is 0.357. The molecule has 1 aromatic rings. The third-order valence-corrected chi connectivity index (χ3v) is 3.07. The van der Waals surface area contributed by atoms with Crippen molar-refractivity contribution in [2.75, 3.05) is 0 Å². The normalized spacial score (nSPS) is 13.4. The first kappa shape index (κ1) is 15.3. The molecule has 104 valence electrons. The summed E-state index contributed by atoms with van der Waals surface area (Å²) in [5.74, 6) is -1.16. The molecule has 1 rings (SSSR count). The number of benzene rings is 1. The second-order valence-electron chi connectivity index (χ2n) is 4.22. The summed E-state index contributed by atoms with van der Waals surface area (Å²) in [6, 6.07) is 4.81. The highest BCUT2D eigenvalue weighted by Gasteiger charge is 2.24. The van der Waals surface area contributed by atoms with Gasteiger partial charge in [0.1, 0.15) is 0 Å². The number of carboxylic acids is 1. The van der Waals surface area contributed by atoms with Crippen molar-refractivity contribution >= 4 is 23.6 Å². The topological polar surface area (TPSA) is 78.4 Å². The molecule has 1 aromatic carbocycles. The first-order valence-electron chi connectivity index (χ1n) is 6.00. The van der Waals surface area contributed by atoms with Gasteiger partial charge < -0.3 is 15.7 Å². The molecule has 0 aromatic heterocycles. The Hall–Kier alpha value is -1.75. The molecule has 2 atom stereocenters. The Morgan fingerprint density at radius 3 is 2.47 bits per heavy atom. The Morgan fingerprint density at radius 2 is 1.95 bits per heavy atom. The van der Waals surface area contributed by atoms with Crippen LogP contribution in [0.3, 0.4) is 0 Å². The lowest BCUT2D eigenvalue weighted by Gasteiger charge is -2.18. The molecular formula is C13H17ClN2O3. The number of hydrogen-bond acceptors (Lipinski definition) is 2. The molecule has 6 heteroatoms. The maximum atomic E-state index is 11.7. The summed E-state index contributed by atoms with van der Waals surface area (Å²) in [6.45, 7) is 3.76. The molecule has 0 fully saturated rings. The molecule has 0 heterocycles. The highest BCUT2D eigenvalue weighted by atomic mass is 35.5. The zero-order valence-corrected chi connectivity index (χ0v) is 11.6. The van der Waals surface area contributed by atoms with Crippen molar-refractivity contribution < 1.29 is 14.7 Å². The molecular weight excluding hydrogens is 268 g/mol. The van der Waals surface area contributed by atoms with E-state index in [1.807, 2.05) is 13.8 Å². The van der Waals surface area contributed by atoms with Crippen molar-refractivity contribution in [1.29, 1.82) is 0 Å². The summed E-state index contributed by atoms with van der Waals surface area (Å²) in [6.07, 6.45) is 0.761. The zero-order chi connectivity index (χ0) is 14.4. The molecule has 0 aliphatic heterocycles. The first-order chi connectivity index (χ1) is 8.95. The highest BCUT2D eigenvalue weighted by Crippen LogP contribution is 2.22. The van der Waals surface area contributed by atoms with E-state index in [2.05, 4.69) is 10.6 Å². The van der Waals surface area contributed by atoms with Gasteiger partial charge in [-0.25, -0.2) is 9.59 Å². The molecule has 0 aliphatic rings. The van der Waals surface area contributed by atoms with Crippen molar-refractivity contribution in [2.24, 2.45) is 0 Å². The minimum atomic E-state index is -1.17. The number of halogens is 1. The summed E-state index contributed by atoms with van der Waals surface area (Å²) < 4.78 is 0. The molecule has 0 aliphatic carbocycles. The van der Waals surface area contributed by atoms with E-state index >= 15 is 0 Å². The van der Waals surface area contributed by atoms with Crippen LogP contribution in [0.2, 0.25) is 5.02 Å². The molecule has 2 amide bonds. The van der Waals surface area contributed by atoms with Gasteiger partial charge in [0.2, 0.25) is 0 Å². The van der Waals surface area contributed by atoms with Gasteiger partial charge in [-0.15, -0.1) is 0 Å².